The minimum absolute atomic E-state index is 0.00448. The lowest BCUT2D eigenvalue weighted by Crippen LogP contribution is -2.44. The Morgan fingerprint density at radius 3 is 2.31 bits per heavy atom. The Labute approximate surface area is 189 Å². The summed E-state index contributed by atoms with van der Waals surface area (Å²) < 4.78 is 0. The number of rotatable bonds is 7. The number of hydrogen-bond donors (Lipinski definition) is 3. The Bertz CT molecular complexity index is 924. The molecular formula is C24H31N5O3. The summed E-state index contributed by atoms with van der Waals surface area (Å²) in [5.74, 6) is -0.201. The molecule has 1 aliphatic rings. The lowest BCUT2D eigenvalue weighted by Gasteiger charge is -2.31. The Morgan fingerprint density at radius 2 is 1.62 bits per heavy atom. The Kier molecular flexibility index (Phi) is 8.21. The summed E-state index contributed by atoms with van der Waals surface area (Å²) in [5.41, 5.74) is 2.39. The van der Waals surface area contributed by atoms with Crippen LogP contribution in [0.5, 0.6) is 0 Å². The molecule has 0 aliphatic carbocycles. The van der Waals surface area contributed by atoms with Crippen molar-refractivity contribution in [3.05, 3.63) is 60.2 Å². The molecule has 4 amide bonds. The van der Waals surface area contributed by atoms with Crippen LogP contribution >= 0.6 is 0 Å². The molecule has 3 rings (SSSR count). The van der Waals surface area contributed by atoms with Crippen molar-refractivity contribution in [2.75, 3.05) is 44.4 Å². The fraction of sp³-hybridized carbons (Fsp3) is 0.375. The van der Waals surface area contributed by atoms with E-state index in [1.165, 1.54) is 0 Å². The maximum Gasteiger partial charge on any atom is 0.321 e. The Morgan fingerprint density at radius 1 is 0.938 bits per heavy atom. The molecule has 1 heterocycles. The fourth-order valence-corrected chi connectivity index (χ4v) is 3.65. The van der Waals surface area contributed by atoms with Gasteiger partial charge in [0.1, 0.15) is 0 Å². The molecule has 0 spiro atoms. The van der Waals surface area contributed by atoms with Gasteiger partial charge >= 0.3 is 6.03 Å². The molecule has 2 aromatic rings. The van der Waals surface area contributed by atoms with Gasteiger partial charge in [-0.1, -0.05) is 30.3 Å². The number of amides is 4. The second kappa shape index (κ2) is 11.3. The number of nitrogens with zero attached hydrogens (tertiary/aromatic N) is 2. The van der Waals surface area contributed by atoms with Crippen molar-refractivity contribution >= 4 is 29.2 Å². The van der Waals surface area contributed by atoms with Crippen LogP contribution in [0.1, 0.15) is 18.4 Å². The van der Waals surface area contributed by atoms with Crippen molar-refractivity contribution in [3.8, 4) is 0 Å². The topological polar surface area (TPSA) is 93.8 Å². The van der Waals surface area contributed by atoms with Crippen LogP contribution in [0, 0.1) is 5.92 Å². The van der Waals surface area contributed by atoms with Gasteiger partial charge in [0.25, 0.3) is 0 Å². The van der Waals surface area contributed by atoms with Gasteiger partial charge in [0.05, 0.1) is 6.54 Å². The summed E-state index contributed by atoms with van der Waals surface area (Å²) in [6.07, 6.45) is 1.27. The van der Waals surface area contributed by atoms with Crippen LogP contribution in [0.4, 0.5) is 16.2 Å². The number of likely N-dealkylation sites (N-methyl/N-ethyl adjacent to an activating group) is 1. The maximum absolute atomic E-state index is 12.6. The third-order valence-electron chi connectivity index (χ3n) is 5.32. The van der Waals surface area contributed by atoms with Crippen LogP contribution in [0.3, 0.4) is 0 Å². The number of hydrogen-bond acceptors (Lipinski definition) is 4. The summed E-state index contributed by atoms with van der Waals surface area (Å²) in [5, 5.41) is 8.73. The van der Waals surface area contributed by atoms with E-state index < -0.39 is 0 Å². The predicted molar refractivity (Wildman–Crippen MR) is 125 cm³/mol. The molecule has 0 bridgehead atoms. The highest BCUT2D eigenvalue weighted by Gasteiger charge is 2.27. The van der Waals surface area contributed by atoms with Crippen LogP contribution in [0.15, 0.2) is 54.6 Å². The van der Waals surface area contributed by atoms with Gasteiger partial charge in [-0.15, -0.1) is 0 Å². The zero-order valence-electron chi connectivity index (χ0n) is 18.6. The van der Waals surface area contributed by atoms with E-state index in [1.54, 1.807) is 9.80 Å². The summed E-state index contributed by atoms with van der Waals surface area (Å²) in [6, 6.07) is 16.7. The zero-order chi connectivity index (χ0) is 22.9. The quantitative estimate of drug-likeness (QED) is 0.621. The molecular weight excluding hydrogens is 406 g/mol. The highest BCUT2D eigenvalue weighted by atomic mass is 16.2. The second-order valence-electron chi connectivity index (χ2n) is 8.26. The zero-order valence-corrected chi connectivity index (χ0v) is 18.6. The molecule has 170 valence electrons. The molecule has 1 saturated heterocycles. The highest BCUT2D eigenvalue weighted by molar-refractivity contribution is 5.92. The summed E-state index contributed by atoms with van der Waals surface area (Å²) >= 11 is 0. The molecule has 8 heteroatoms. The molecule has 1 aliphatic heterocycles. The van der Waals surface area contributed by atoms with Crippen molar-refractivity contribution in [2.45, 2.75) is 19.4 Å². The number of carbonyl (C=O) groups is 3. The minimum atomic E-state index is -0.136. The fourth-order valence-electron chi connectivity index (χ4n) is 3.65. The summed E-state index contributed by atoms with van der Waals surface area (Å²) in [6.45, 7) is 1.79. The number of anilines is 2. The molecule has 8 nitrogen and oxygen atoms in total. The molecule has 0 radical (unpaired) electrons. The lowest BCUT2D eigenvalue weighted by molar-refractivity contribution is -0.126. The number of nitrogens with one attached hydrogen (secondary N) is 3. The van der Waals surface area contributed by atoms with Crippen LogP contribution in [0.2, 0.25) is 0 Å². The predicted octanol–water partition coefficient (Wildman–Crippen LogP) is 2.75. The van der Waals surface area contributed by atoms with E-state index in [4.69, 9.17) is 0 Å². The van der Waals surface area contributed by atoms with Gasteiger partial charge in [-0.25, -0.2) is 4.79 Å². The SMILES string of the molecule is CN(C)CC(=O)Nc1cccc(CNC(=O)C2CCN(C(=O)Nc3ccccc3)CC2)c1. The number of benzene rings is 2. The highest BCUT2D eigenvalue weighted by Crippen LogP contribution is 2.19. The first-order valence-corrected chi connectivity index (χ1v) is 10.8. The van der Waals surface area contributed by atoms with E-state index >= 15 is 0 Å². The molecule has 0 aromatic heterocycles. The largest absolute Gasteiger partial charge is 0.352 e. The van der Waals surface area contributed by atoms with Crippen LogP contribution in [-0.4, -0.2) is 61.4 Å². The number of piperidine rings is 1. The average molecular weight is 438 g/mol. The first kappa shape index (κ1) is 23.3. The maximum atomic E-state index is 12.6. The van der Waals surface area contributed by atoms with Gasteiger partial charge in [-0.05, 0) is 56.8 Å². The van der Waals surface area contributed by atoms with Crippen molar-refractivity contribution in [1.82, 2.24) is 15.1 Å². The van der Waals surface area contributed by atoms with Gasteiger partial charge in [0, 0.05) is 36.9 Å². The van der Waals surface area contributed by atoms with E-state index in [9.17, 15) is 14.4 Å². The standard InChI is InChI=1S/C24H31N5O3/c1-28(2)17-22(30)26-21-10-6-7-18(15-21)16-25-23(31)19-11-13-29(14-12-19)24(32)27-20-8-4-3-5-9-20/h3-10,15,19H,11-14,16-17H2,1-2H3,(H,25,31)(H,26,30)(H,27,32). The van der Waals surface area contributed by atoms with Gasteiger partial charge in [-0.3, -0.25) is 9.59 Å². The first-order valence-electron chi connectivity index (χ1n) is 10.8. The van der Waals surface area contributed by atoms with Gasteiger partial charge in [-0.2, -0.15) is 0 Å². The summed E-state index contributed by atoms with van der Waals surface area (Å²) in [4.78, 5) is 40.5. The number of para-hydroxylation sites is 1. The van der Waals surface area contributed by atoms with Gasteiger partial charge in [0.2, 0.25) is 11.8 Å². The van der Waals surface area contributed by atoms with Crippen molar-refractivity contribution in [3.63, 3.8) is 0 Å². The molecule has 2 aromatic carbocycles. The van der Waals surface area contributed by atoms with E-state index in [1.807, 2.05) is 68.7 Å². The Hall–Kier alpha value is -3.39. The van der Waals surface area contributed by atoms with E-state index in [0.29, 0.717) is 44.7 Å². The van der Waals surface area contributed by atoms with Crippen molar-refractivity contribution in [1.29, 1.82) is 0 Å². The Balaban J connectivity index is 1.43. The first-order chi connectivity index (χ1) is 15.4. The molecule has 0 saturated carbocycles. The molecule has 32 heavy (non-hydrogen) atoms. The number of likely N-dealkylation sites (tertiary alicyclic amines) is 1. The van der Waals surface area contributed by atoms with Crippen molar-refractivity contribution < 1.29 is 14.4 Å². The van der Waals surface area contributed by atoms with Crippen LogP contribution in [-0.2, 0) is 16.1 Å². The molecule has 3 N–H and O–H groups in total. The van der Waals surface area contributed by atoms with Gasteiger partial charge in [0.15, 0.2) is 0 Å². The number of carbonyl (C=O) groups excluding carboxylic acids is 3. The summed E-state index contributed by atoms with van der Waals surface area (Å²) in [7, 11) is 3.68. The average Bonchev–Trinajstić information content (AvgIpc) is 2.78. The van der Waals surface area contributed by atoms with Gasteiger partial charge < -0.3 is 25.8 Å². The lowest BCUT2D eigenvalue weighted by atomic mass is 9.96. The van der Waals surface area contributed by atoms with Crippen LogP contribution in [0.25, 0.3) is 0 Å². The minimum Gasteiger partial charge on any atom is -0.352 e. The smallest absolute Gasteiger partial charge is 0.321 e. The molecule has 1 fully saturated rings. The van der Waals surface area contributed by atoms with E-state index in [0.717, 1.165) is 11.3 Å². The number of urea groups is 1. The second-order valence-corrected chi connectivity index (χ2v) is 8.26. The van der Waals surface area contributed by atoms with Crippen molar-refractivity contribution in [2.24, 2.45) is 5.92 Å². The van der Waals surface area contributed by atoms with Crippen LogP contribution < -0.4 is 16.0 Å². The normalized spacial score (nSPS) is 14.2. The third-order valence-corrected chi connectivity index (χ3v) is 5.32. The molecule has 0 unspecified atom stereocenters. The third kappa shape index (κ3) is 7.09. The monoisotopic (exact) mass is 437 g/mol. The van der Waals surface area contributed by atoms with E-state index in [2.05, 4.69) is 16.0 Å². The molecule has 0 atom stereocenters. The van der Waals surface area contributed by atoms with E-state index in [-0.39, 0.29) is 23.8 Å².